The van der Waals surface area contributed by atoms with Crippen LogP contribution in [0, 0.1) is 20.8 Å². The van der Waals surface area contributed by atoms with Gasteiger partial charge in [0.15, 0.2) is 6.61 Å². The van der Waals surface area contributed by atoms with Gasteiger partial charge in [-0.2, -0.15) is 4.98 Å². The maximum absolute atomic E-state index is 12.6. The molecule has 8 nitrogen and oxygen atoms in total. The molecule has 0 aliphatic carbocycles. The average Bonchev–Trinajstić information content (AvgIpc) is 3.15. The van der Waals surface area contributed by atoms with E-state index in [2.05, 4.69) is 15.5 Å². The zero-order valence-corrected chi connectivity index (χ0v) is 17.4. The minimum Gasteiger partial charge on any atom is -0.485 e. The lowest BCUT2D eigenvalue weighted by molar-refractivity contribution is -0.116. The summed E-state index contributed by atoms with van der Waals surface area (Å²) in [6, 6.07) is 12.4. The Labute approximate surface area is 174 Å². The highest BCUT2D eigenvalue weighted by Gasteiger charge is 2.16. The van der Waals surface area contributed by atoms with Gasteiger partial charge in [-0.25, -0.2) is 0 Å². The van der Waals surface area contributed by atoms with Crippen molar-refractivity contribution in [2.75, 3.05) is 18.9 Å². The van der Waals surface area contributed by atoms with Gasteiger partial charge in [-0.3, -0.25) is 9.59 Å². The minimum absolute atomic E-state index is 0.0539. The van der Waals surface area contributed by atoms with E-state index in [1.54, 1.807) is 38.2 Å². The molecule has 1 aromatic heterocycles. The van der Waals surface area contributed by atoms with Gasteiger partial charge in [0.2, 0.25) is 17.6 Å². The maximum Gasteiger partial charge on any atom is 0.254 e. The van der Waals surface area contributed by atoms with Crippen molar-refractivity contribution in [2.24, 2.45) is 0 Å². The molecule has 3 aromatic rings. The van der Waals surface area contributed by atoms with Crippen molar-refractivity contribution in [3.05, 3.63) is 70.9 Å². The monoisotopic (exact) mass is 408 g/mol. The van der Waals surface area contributed by atoms with Gasteiger partial charge in [-0.1, -0.05) is 17.3 Å². The van der Waals surface area contributed by atoms with Gasteiger partial charge in [0.05, 0.1) is 6.54 Å². The zero-order valence-electron chi connectivity index (χ0n) is 17.4. The molecule has 1 heterocycles. The topological polar surface area (TPSA) is 97.6 Å². The number of amides is 2. The van der Waals surface area contributed by atoms with E-state index in [1.807, 2.05) is 32.0 Å². The second kappa shape index (κ2) is 9.21. The molecule has 0 atom stereocenters. The summed E-state index contributed by atoms with van der Waals surface area (Å²) in [6.45, 7) is 5.75. The number of hydrogen-bond acceptors (Lipinski definition) is 6. The smallest absolute Gasteiger partial charge is 0.254 e. The van der Waals surface area contributed by atoms with Gasteiger partial charge in [0.1, 0.15) is 5.75 Å². The van der Waals surface area contributed by atoms with Crippen LogP contribution in [0.5, 0.6) is 5.75 Å². The Morgan fingerprint density at radius 3 is 2.50 bits per heavy atom. The lowest BCUT2D eigenvalue weighted by Gasteiger charge is -2.18. The molecular weight excluding hydrogens is 384 g/mol. The molecule has 0 radical (unpaired) electrons. The number of likely N-dealkylation sites (N-methyl/N-ethyl adjacent to an activating group) is 1. The largest absolute Gasteiger partial charge is 0.485 e. The molecule has 30 heavy (non-hydrogen) atoms. The van der Waals surface area contributed by atoms with Crippen molar-refractivity contribution in [1.82, 2.24) is 15.0 Å². The number of ether oxygens (including phenoxy) is 1. The quantitative estimate of drug-likeness (QED) is 0.644. The standard InChI is InChI=1S/C22H24N4O4/c1-14-6-5-7-19(15(14)2)24-21(27)12-26(4)22(28)17-8-10-18(11-9-17)29-13-20-23-16(3)30-25-20/h5-11H,12-13H2,1-4H3,(H,24,27). The molecule has 3 rings (SSSR count). The van der Waals surface area contributed by atoms with E-state index in [0.717, 1.165) is 16.8 Å². The third kappa shape index (κ3) is 5.22. The highest BCUT2D eigenvalue weighted by molar-refractivity contribution is 5.99. The Bertz CT molecular complexity index is 1040. The number of carbonyl (C=O) groups is 2. The van der Waals surface area contributed by atoms with Crippen molar-refractivity contribution in [3.8, 4) is 5.75 Å². The number of benzene rings is 2. The molecule has 2 aromatic carbocycles. The Kier molecular flexibility index (Phi) is 6.46. The highest BCUT2D eigenvalue weighted by Crippen LogP contribution is 2.18. The molecular formula is C22H24N4O4. The van der Waals surface area contributed by atoms with Crippen LogP contribution in [-0.4, -0.2) is 40.4 Å². The molecule has 156 valence electrons. The van der Waals surface area contributed by atoms with Crippen molar-refractivity contribution in [2.45, 2.75) is 27.4 Å². The number of aromatic nitrogens is 2. The van der Waals surface area contributed by atoms with E-state index in [-0.39, 0.29) is 25.0 Å². The van der Waals surface area contributed by atoms with E-state index >= 15 is 0 Å². The fourth-order valence-corrected chi connectivity index (χ4v) is 2.83. The summed E-state index contributed by atoms with van der Waals surface area (Å²) in [7, 11) is 1.59. The Morgan fingerprint density at radius 1 is 1.10 bits per heavy atom. The van der Waals surface area contributed by atoms with Gasteiger partial charge in [0.25, 0.3) is 5.91 Å². The Hall–Kier alpha value is -3.68. The maximum atomic E-state index is 12.6. The molecule has 0 aliphatic rings. The van der Waals surface area contributed by atoms with E-state index in [1.165, 1.54) is 4.90 Å². The van der Waals surface area contributed by atoms with E-state index in [4.69, 9.17) is 9.26 Å². The number of carbonyl (C=O) groups excluding carboxylic acids is 2. The molecule has 0 spiro atoms. The first kappa shape index (κ1) is 21.0. The van der Waals surface area contributed by atoms with Gasteiger partial charge in [0, 0.05) is 25.2 Å². The van der Waals surface area contributed by atoms with Crippen LogP contribution in [0.15, 0.2) is 47.0 Å². The predicted molar refractivity (Wildman–Crippen MR) is 111 cm³/mol. The number of hydrogen-bond donors (Lipinski definition) is 1. The number of rotatable bonds is 7. The lowest BCUT2D eigenvalue weighted by Crippen LogP contribution is -2.35. The van der Waals surface area contributed by atoms with Crippen LogP contribution in [0.2, 0.25) is 0 Å². The summed E-state index contributed by atoms with van der Waals surface area (Å²) >= 11 is 0. The normalized spacial score (nSPS) is 10.5. The molecule has 1 N–H and O–H groups in total. The van der Waals surface area contributed by atoms with Gasteiger partial charge in [-0.05, 0) is 55.3 Å². The van der Waals surface area contributed by atoms with Crippen molar-refractivity contribution >= 4 is 17.5 Å². The van der Waals surface area contributed by atoms with Crippen molar-refractivity contribution < 1.29 is 18.8 Å². The summed E-state index contributed by atoms with van der Waals surface area (Å²) in [4.78, 5) is 30.4. The molecule has 2 amide bonds. The number of aryl methyl sites for hydroxylation is 2. The van der Waals surface area contributed by atoms with E-state index in [9.17, 15) is 9.59 Å². The molecule has 0 saturated heterocycles. The van der Waals surface area contributed by atoms with Crippen LogP contribution >= 0.6 is 0 Å². The molecule has 8 heteroatoms. The fraction of sp³-hybridized carbons (Fsp3) is 0.273. The summed E-state index contributed by atoms with van der Waals surface area (Å²) in [5.74, 6) is 0.979. The summed E-state index contributed by atoms with van der Waals surface area (Å²) in [5, 5.41) is 6.62. The number of nitrogens with one attached hydrogen (secondary N) is 1. The summed E-state index contributed by atoms with van der Waals surface area (Å²) in [5.41, 5.74) is 3.30. The molecule has 0 aliphatic heterocycles. The third-order valence-electron chi connectivity index (χ3n) is 4.65. The van der Waals surface area contributed by atoms with Crippen LogP contribution in [0.25, 0.3) is 0 Å². The predicted octanol–water partition coefficient (Wildman–Crippen LogP) is 3.28. The number of nitrogens with zero attached hydrogens (tertiary/aromatic N) is 3. The summed E-state index contributed by atoms with van der Waals surface area (Å²) < 4.78 is 10.5. The van der Waals surface area contributed by atoms with Gasteiger partial charge < -0.3 is 19.5 Å². The van der Waals surface area contributed by atoms with Crippen LogP contribution < -0.4 is 10.1 Å². The Morgan fingerprint density at radius 2 is 1.83 bits per heavy atom. The Balaban J connectivity index is 1.54. The van der Waals surface area contributed by atoms with Crippen LogP contribution in [0.3, 0.4) is 0 Å². The molecule has 0 unspecified atom stereocenters. The minimum atomic E-state index is -0.258. The SMILES string of the molecule is Cc1nc(COc2ccc(C(=O)N(C)CC(=O)Nc3cccc(C)c3C)cc2)no1. The van der Waals surface area contributed by atoms with E-state index in [0.29, 0.717) is 23.0 Å². The van der Waals surface area contributed by atoms with Crippen LogP contribution in [0.1, 0.15) is 33.2 Å². The average molecular weight is 408 g/mol. The fourth-order valence-electron chi connectivity index (χ4n) is 2.83. The second-order valence-electron chi connectivity index (χ2n) is 7.00. The lowest BCUT2D eigenvalue weighted by atomic mass is 10.1. The zero-order chi connectivity index (χ0) is 21.7. The van der Waals surface area contributed by atoms with Gasteiger partial charge >= 0.3 is 0 Å². The highest BCUT2D eigenvalue weighted by atomic mass is 16.5. The van der Waals surface area contributed by atoms with Crippen molar-refractivity contribution in [1.29, 1.82) is 0 Å². The summed E-state index contributed by atoms with van der Waals surface area (Å²) in [6.07, 6.45) is 0. The molecule has 0 fully saturated rings. The first-order valence-electron chi connectivity index (χ1n) is 9.47. The van der Waals surface area contributed by atoms with Crippen LogP contribution in [0.4, 0.5) is 5.69 Å². The number of anilines is 1. The van der Waals surface area contributed by atoms with Crippen LogP contribution in [-0.2, 0) is 11.4 Å². The second-order valence-corrected chi connectivity index (χ2v) is 7.00. The molecule has 0 saturated carbocycles. The molecule has 0 bridgehead atoms. The van der Waals surface area contributed by atoms with Gasteiger partial charge in [-0.15, -0.1) is 0 Å². The first-order chi connectivity index (χ1) is 14.3. The van der Waals surface area contributed by atoms with Crippen molar-refractivity contribution in [3.63, 3.8) is 0 Å². The van der Waals surface area contributed by atoms with E-state index < -0.39 is 0 Å². The third-order valence-corrected chi connectivity index (χ3v) is 4.65. The first-order valence-corrected chi connectivity index (χ1v) is 9.47.